The van der Waals surface area contributed by atoms with Crippen LogP contribution in [-0.4, -0.2) is 5.16 Å². The first-order chi connectivity index (χ1) is 7.13. The molecule has 2 aromatic rings. The summed E-state index contributed by atoms with van der Waals surface area (Å²) < 4.78 is 6.38. The zero-order valence-electron chi connectivity index (χ0n) is 8.50. The van der Waals surface area contributed by atoms with Crippen molar-refractivity contribution in [1.29, 1.82) is 0 Å². The van der Waals surface area contributed by atoms with Gasteiger partial charge in [-0.05, 0) is 40.9 Å². The smallest absolute Gasteiger partial charge is 0.182 e. The van der Waals surface area contributed by atoms with Crippen molar-refractivity contribution in [3.05, 3.63) is 21.0 Å². The molecule has 0 aromatic carbocycles. The highest BCUT2D eigenvalue weighted by molar-refractivity contribution is 9.11. The predicted octanol–water partition coefficient (Wildman–Crippen LogP) is 3.62. The summed E-state index contributed by atoms with van der Waals surface area (Å²) in [5, 5.41) is 3.80. The highest BCUT2D eigenvalue weighted by Crippen LogP contribution is 2.37. The largest absolute Gasteiger partial charge is 0.381 e. The Hall–Kier alpha value is -0.810. The molecule has 2 rings (SSSR count). The van der Waals surface area contributed by atoms with E-state index in [9.17, 15) is 0 Å². The summed E-state index contributed by atoms with van der Waals surface area (Å²) in [5.41, 5.74) is 7.91. The molecule has 2 N–H and O–H groups in total. The molecule has 0 bridgehead atoms. The van der Waals surface area contributed by atoms with Crippen molar-refractivity contribution in [1.82, 2.24) is 5.16 Å². The van der Waals surface area contributed by atoms with Gasteiger partial charge >= 0.3 is 0 Å². The van der Waals surface area contributed by atoms with Crippen LogP contribution in [0.5, 0.6) is 0 Å². The molecular weight excluding hydrogens is 276 g/mol. The van der Waals surface area contributed by atoms with Crippen LogP contribution in [0, 0.1) is 6.92 Å². The third-order valence-electron chi connectivity index (χ3n) is 2.25. The van der Waals surface area contributed by atoms with Gasteiger partial charge in [-0.3, -0.25) is 0 Å². The standard InChI is InChI=1S/C10H11BrN2OS/c1-3-6-8(14-13-10(6)12)7-4-5(2)9(11)15-7/h4H,3H2,1-2H3,(H2,12,13). The molecule has 3 nitrogen and oxygen atoms in total. The number of thiophene rings is 1. The predicted molar refractivity (Wildman–Crippen MR) is 66.0 cm³/mol. The van der Waals surface area contributed by atoms with Crippen LogP contribution in [0.4, 0.5) is 5.82 Å². The van der Waals surface area contributed by atoms with E-state index in [4.69, 9.17) is 10.3 Å². The minimum atomic E-state index is 0.495. The van der Waals surface area contributed by atoms with Crippen LogP contribution in [0.1, 0.15) is 18.1 Å². The van der Waals surface area contributed by atoms with Crippen LogP contribution in [0.2, 0.25) is 0 Å². The van der Waals surface area contributed by atoms with E-state index in [2.05, 4.69) is 34.1 Å². The van der Waals surface area contributed by atoms with Crippen molar-refractivity contribution in [3.63, 3.8) is 0 Å². The number of aromatic nitrogens is 1. The number of nitrogens with two attached hydrogens (primary N) is 1. The fourth-order valence-electron chi connectivity index (χ4n) is 1.43. The molecule has 2 heterocycles. The van der Waals surface area contributed by atoms with Gasteiger partial charge in [-0.2, -0.15) is 0 Å². The highest BCUT2D eigenvalue weighted by atomic mass is 79.9. The summed E-state index contributed by atoms with van der Waals surface area (Å²) in [6.07, 6.45) is 0.833. The molecule has 0 radical (unpaired) electrons. The van der Waals surface area contributed by atoms with Crippen molar-refractivity contribution in [2.45, 2.75) is 20.3 Å². The second-order valence-corrected chi connectivity index (χ2v) is 5.67. The van der Waals surface area contributed by atoms with Gasteiger partial charge in [0.15, 0.2) is 11.6 Å². The normalized spacial score (nSPS) is 10.9. The molecule has 5 heteroatoms. The summed E-state index contributed by atoms with van der Waals surface area (Å²) in [4.78, 5) is 1.07. The van der Waals surface area contributed by atoms with E-state index in [-0.39, 0.29) is 0 Å². The lowest BCUT2D eigenvalue weighted by Crippen LogP contribution is -1.90. The molecule has 0 saturated heterocycles. The zero-order valence-corrected chi connectivity index (χ0v) is 10.9. The average Bonchev–Trinajstić information content (AvgIpc) is 2.71. The third-order valence-corrected chi connectivity index (χ3v) is 4.39. The Kier molecular flexibility index (Phi) is 2.84. The van der Waals surface area contributed by atoms with Crippen LogP contribution in [0.15, 0.2) is 14.4 Å². The maximum atomic E-state index is 5.72. The number of nitrogen functional groups attached to an aromatic ring is 1. The van der Waals surface area contributed by atoms with E-state index in [1.807, 2.05) is 6.92 Å². The lowest BCUT2D eigenvalue weighted by atomic mass is 10.1. The fourth-order valence-corrected chi connectivity index (χ4v) is 2.97. The molecule has 15 heavy (non-hydrogen) atoms. The first kappa shape index (κ1) is 10.7. The van der Waals surface area contributed by atoms with Crippen molar-refractivity contribution >= 4 is 33.1 Å². The maximum Gasteiger partial charge on any atom is 0.182 e. The van der Waals surface area contributed by atoms with Crippen LogP contribution >= 0.6 is 27.3 Å². The highest BCUT2D eigenvalue weighted by Gasteiger charge is 2.16. The van der Waals surface area contributed by atoms with E-state index in [1.54, 1.807) is 11.3 Å². The number of anilines is 1. The molecule has 0 amide bonds. The molecule has 0 aliphatic rings. The number of aryl methyl sites for hydroxylation is 1. The summed E-state index contributed by atoms with van der Waals surface area (Å²) in [7, 11) is 0. The Bertz CT molecular complexity index is 470. The lowest BCUT2D eigenvalue weighted by Gasteiger charge is -1.94. The Labute approximate surface area is 100 Å². The van der Waals surface area contributed by atoms with Crippen LogP contribution in [-0.2, 0) is 6.42 Å². The van der Waals surface area contributed by atoms with Gasteiger partial charge in [0, 0.05) is 5.56 Å². The number of rotatable bonds is 2. The molecule has 0 spiro atoms. The number of halogens is 1. The van der Waals surface area contributed by atoms with Gasteiger partial charge in [-0.15, -0.1) is 11.3 Å². The summed E-state index contributed by atoms with van der Waals surface area (Å²) in [6, 6.07) is 2.08. The van der Waals surface area contributed by atoms with Gasteiger partial charge in [-0.25, -0.2) is 0 Å². The van der Waals surface area contributed by atoms with Crippen molar-refractivity contribution in [3.8, 4) is 10.6 Å². The number of hydrogen-bond donors (Lipinski definition) is 1. The monoisotopic (exact) mass is 286 g/mol. The zero-order chi connectivity index (χ0) is 11.0. The molecule has 0 saturated carbocycles. The number of nitrogens with zero attached hydrogens (tertiary/aromatic N) is 1. The minimum absolute atomic E-state index is 0.495. The topological polar surface area (TPSA) is 52.0 Å². The van der Waals surface area contributed by atoms with E-state index in [1.165, 1.54) is 5.56 Å². The van der Waals surface area contributed by atoms with Crippen molar-refractivity contribution in [2.75, 3.05) is 5.73 Å². The Balaban J connectivity index is 2.53. The van der Waals surface area contributed by atoms with E-state index < -0.39 is 0 Å². The van der Waals surface area contributed by atoms with Gasteiger partial charge in [0.25, 0.3) is 0 Å². The van der Waals surface area contributed by atoms with Crippen molar-refractivity contribution < 1.29 is 4.52 Å². The fraction of sp³-hybridized carbons (Fsp3) is 0.300. The first-order valence-electron chi connectivity index (χ1n) is 4.63. The summed E-state index contributed by atoms with van der Waals surface area (Å²) in [6.45, 7) is 4.09. The molecule has 0 aliphatic heterocycles. The second-order valence-electron chi connectivity index (χ2n) is 3.30. The minimum Gasteiger partial charge on any atom is -0.381 e. The summed E-state index contributed by atoms with van der Waals surface area (Å²) in [5.74, 6) is 1.29. The van der Waals surface area contributed by atoms with Gasteiger partial charge in [0.1, 0.15) is 0 Å². The first-order valence-corrected chi connectivity index (χ1v) is 6.24. The van der Waals surface area contributed by atoms with Gasteiger partial charge < -0.3 is 10.3 Å². The summed E-state index contributed by atoms with van der Waals surface area (Å²) >= 11 is 5.13. The van der Waals surface area contributed by atoms with Gasteiger partial charge in [0.2, 0.25) is 0 Å². The Morgan fingerprint density at radius 1 is 1.60 bits per heavy atom. The van der Waals surface area contributed by atoms with E-state index in [0.717, 1.165) is 26.4 Å². The molecule has 0 atom stereocenters. The molecule has 2 aromatic heterocycles. The van der Waals surface area contributed by atoms with E-state index >= 15 is 0 Å². The van der Waals surface area contributed by atoms with Crippen LogP contribution in [0.3, 0.4) is 0 Å². The molecule has 0 aliphatic carbocycles. The van der Waals surface area contributed by atoms with Gasteiger partial charge in [-0.1, -0.05) is 12.1 Å². The quantitative estimate of drug-likeness (QED) is 0.917. The molecule has 0 fully saturated rings. The molecule has 0 unspecified atom stereocenters. The van der Waals surface area contributed by atoms with Crippen LogP contribution in [0.25, 0.3) is 10.6 Å². The van der Waals surface area contributed by atoms with Gasteiger partial charge in [0.05, 0.1) is 8.66 Å². The maximum absolute atomic E-state index is 5.72. The van der Waals surface area contributed by atoms with Crippen LogP contribution < -0.4 is 5.73 Å². The Morgan fingerprint density at radius 3 is 2.87 bits per heavy atom. The SMILES string of the molecule is CCc1c(N)noc1-c1cc(C)c(Br)s1. The Morgan fingerprint density at radius 2 is 2.33 bits per heavy atom. The van der Waals surface area contributed by atoms with Crippen molar-refractivity contribution in [2.24, 2.45) is 0 Å². The second kappa shape index (κ2) is 3.98. The van der Waals surface area contributed by atoms with E-state index in [0.29, 0.717) is 5.82 Å². The third kappa shape index (κ3) is 1.81. The molecule has 80 valence electrons. The lowest BCUT2D eigenvalue weighted by molar-refractivity contribution is 0.436. The number of hydrogen-bond acceptors (Lipinski definition) is 4. The average molecular weight is 287 g/mol. The molecular formula is C10H11BrN2OS.